The molecule has 1 heterocycles. The molecule has 0 bridgehead atoms. The van der Waals surface area contributed by atoms with Gasteiger partial charge in [-0.1, -0.05) is 13.8 Å². The van der Waals surface area contributed by atoms with Crippen molar-refractivity contribution in [1.29, 1.82) is 0 Å². The van der Waals surface area contributed by atoms with E-state index < -0.39 is 0 Å². The number of hydrogen-bond donors (Lipinski definition) is 1. The number of hydrogen-bond acceptors (Lipinski definition) is 3. The van der Waals surface area contributed by atoms with Crippen molar-refractivity contribution in [3.8, 4) is 5.75 Å². The fourth-order valence-electron chi connectivity index (χ4n) is 1.31. The summed E-state index contributed by atoms with van der Waals surface area (Å²) in [6.07, 6.45) is 1.90. The SMILES string of the molecule is COc1cc(C(C)C)cnc1NC(C)C. The fraction of sp³-hybridized carbons (Fsp3) is 0.583. The van der Waals surface area contributed by atoms with Crippen molar-refractivity contribution < 1.29 is 4.74 Å². The number of aromatic nitrogens is 1. The summed E-state index contributed by atoms with van der Waals surface area (Å²) >= 11 is 0. The molecule has 0 amide bonds. The second-order valence-electron chi connectivity index (χ2n) is 4.27. The maximum atomic E-state index is 5.31. The Labute approximate surface area is 91.9 Å². The second kappa shape index (κ2) is 5.01. The van der Waals surface area contributed by atoms with Crippen molar-refractivity contribution in [2.24, 2.45) is 0 Å². The number of pyridine rings is 1. The van der Waals surface area contributed by atoms with Gasteiger partial charge in [0.05, 0.1) is 7.11 Å². The molecule has 0 radical (unpaired) electrons. The molecule has 1 aromatic rings. The lowest BCUT2D eigenvalue weighted by Crippen LogP contribution is -2.12. The van der Waals surface area contributed by atoms with Crippen molar-refractivity contribution in [3.63, 3.8) is 0 Å². The molecule has 0 aliphatic heterocycles. The van der Waals surface area contributed by atoms with Crippen molar-refractivity contribution >= 4 is 5.82 Å². The molecule has 0 unspecified atom stereocenters. The predicted molar refractivity (Wildman–Crippen MR) is 63.6 cm³/mol. The van der Waals surface area contributed by atoms with Crippen LogP contribution in [0.25, 0.3) is 0 Å². The third-order valence-corrected chi connectivity index (χ3v) is 2.19. The van der Waals surface area contributed by atoms with E-state index in [-0.39, 0.29) is 0 Å². The van der Waals surface area contributed by atoms with Crippen LogP contribution in [0.4, 0.5) is 5.82 Å². The average molecular weight is 208 g/mol. The summed E-state index contributed by atoms with van der Waals surface area (Å²) in [5, 5.41) is 3.25. The highest BCUT2D eigenvalue weighted by Gasteiger charge is 2.08. The van der Waals surface area contributed by atoms with Gasteiger partial charge in [0.25, 0.3) is 0 Å². The molecule has 0 atom stereocenters. The molecule has 1 aromatic heterocycles. The topological polar surface area (TPSA) is 34.1 Å². The van der Waals surface area contributed by atoms with Crippen LogP contribution in [-0.2, 0) is 0 Å². The molecule has 0 spiro atoms. The molecule has 3 heteroatoms. The molecule has 0 aliphatic carbocycles. The van der Waals surface area contributed by atoms with Gasteiger partial charge in [-0.2, -0.15) is 0 Å². The van der Waals surface area contributed by atoms with E-state index in [1.807, 2.05) is 12.3 Å². The van der Waals surface area contributed by atoms with E-state index in [9.17, 15) is 0 Å². The van der Waals surface area contributed by atoms with Gasteiger partial charge < -0.3 is 10.1 Å². The average Bonchev–Trinajstić information content (AvgIpc) is 2.17. The molecular weight excluding hydrogens is 188 g/mol. The normalized spacial score (nSPS) is 10.9. The molecule has 0 aliphatic rings. The highest BCUT2D eigenvalue weighted by molar-refractivity contribution is 5.51. The molecule has 15 heavy (non-hydrogen) atoms. The van der Waals surface area contributed by atoms with Gasteiger partial charge in [0, 0.05) is 12.2 Å². The van der Waals surface area contributed by atoms with E-state index in [2.05, 4.69) is 38.0 Å². The van der Waals surface area contributed by atoms with Crippen molar-refractivity contribution in [2.75, 3.05) is 12.4 Å². The van der Waals surface area contributed by atoms with E-state index >= 15 is 0 Å². The van der Waals surface area contributed by atoms with Crippen LogP contribution in [0, 0.1) is 0 Å². The number of nitrogens with zero attached hydrogens (tertiary/aromatic N) is 1. The Bertz CT molecular complexity index is 321. The minimum absolute atomic E-state index is 0.358. The van der Waals surface area contributed by atoms with Crippen LogP contribution in [0.5, 0.6) is 5.75 Å². The zero-order valence-electron chi connectivity index (χ0n) is 10.2. The predicted octanol–water partition coefficient (Wildman–Crippen LogP) is 3.03. The van der Waals surface area contributed by atoms with Gasteiger partial charge in [-0.25, -0.2) is 4.98 Å². The number of nitrogens with one attached hydrogen (secondary N) is 1. The van der Waals surface area contributed by atoms with Crippen molar-refractivity contribution in [2.45, 2.75) is 39.7 Å². The van der Waals surface area contributed by atoms with Crippen LogP contribution < -0.4 is 10.1 Å². The first-order chi connectivity index (χ1) is 7.04. The summed E-state index contributed by atoms with van der Waals surface area (Å²) in [6, 6.07) is 2.40. The quantitative estimate of drug-likeness (QED) is 0.825. The standard InChI is InChI=1S/C12H20N2O/c1-8(2)10-6-11(15-5)12(13-7-10)14-9(3)4/h6-9H,1-5H3,(H,13,14). The summed E-state index contributed by atoms with van der Waals surface area (Å²) in [4.78, 5) is 4.37. The van der Waals surface area contributed by atoms with Crippen LogP contribution >= 0.6 is 0 Å². The molecule has 0 saturated carbocycles. The second-order valence-corrected chi connectivity index (χ2v) is 4.27. The Hall–Kier alpha value is -1.25. The zero-order valence-corrected chi connectivity index (χ0v) is 10.2. The monoisotopic (exact) mass is 208 g/mol. The summed E-state index contributed by atoms with van der Waals surface area (Å²) in [5.41, 5.74) is 1.20. The Morgan fingerprint density at radius 2 is 1.93 bits per heavy atom. The number of anilines is 1. The maximum absolute atomic E-state index is 5.31. The highest BCUT2D eigenvalue weighted by Crippen LogP contribution is 2.26. The minimum atomic E-state index is 0.358. The lowest BCUT2D eigenvalue weighted by molar-refractivity contribution is 0.413. The Kier molecular flexibility index (Phi) is 3.95. The summed E-state index contributed by atoms with van der Waals surface area (Å²) in [7, 11) is 1.67. The third-order valence-electron chi connectivity index (χ3n) is 2.19. The largest absolute Gasteiger partial charge is 0.493 e. The fourth-order valence-corrected chi connectivity index (χ4v) is 1.31. The van der Waals surface area contributed by atoms with Crippen molar-refractivity contribution in [1.82, 2.24) is 4.98 Å². The minimum Gasteiger partial charge on any atom is -0.493 e. The van der Waals surface area contributed by atoms with Gasteiger partial charge in [0.2, 0.25) is 0 Å². The van der Waals surface area contributed by atoms with E-state index in [1.165, 1.54) is 5.56 Å². The molecule has 0 aromatic carbocycles. The van der Waals surface area contributed by atoms with Crippen LogP contribution in [0.15, 0.2) is 12.3 Å². The van der Waals surface area contributed by atoms with Gasteiger partial charge in [0.15, 0.2) is 11.6 Å². The molecule has 1 rings (SSSR count). The van der Waals surface area contributed by atoms with Crippen LogP contribution in [-0.4, -0.2) is 18.1 Å². The Morgan fingerprint density at radius 1 is 1.27 bits per heavy atom. The van der Waals surface area contributed by atoms with Gasteiger partial charge in [0.1, 0.15) is 0 Å². The van der Waals surface area contributed by atoms with E-state index in [0.29, 0.717) is 12.0 Å². The summed E-state index contributed by atoms with van der Waals surface area (Å²) in [5.74, 6) is 2.10. The lowest BCUT2D eigenvalue weighted by Gasteiger charge is -2.14. The maximum Gasteiger partial charge on any atom is 0.168 e. The molecule has 0 saturated heterocycles. The number of rotatable bonds is 4. The summed E-state index contributed by atoms with van der Waals surface area (Å²) < 4.78 is 5.31. The summed E-state index contributed by atoms with van der Waals surface area (Å²) in [6.45, 7) is 8.45. The van der Waals surface area contributed by atoms with E-state index in [4.69, 9.17) is 4.74 Å². The third kappa shape index (κ3) is 3.11. The van der Waals surface area contributed by atoms with E-state index in [1.54, 1.807) is 7.11 Å². The Morgan fingerprint density at radius 3 is 2.40 bits per heavy atom. The highest BCUT2D eigenvalue weighted by atomic mass is 16.5. The number of methoxy groups -OCH3 is 1. The Balaban J connectivity index is 2.98. The van der Waals surface area contributed by atoms with Gasteiger partial charge in [-0.15, -0.1) is 0 Å². The first kappa shape index (κ1) is 11.8. The molecule has 1 N–H and O–H groups in total. The van der Waals surface area contributed by atoms with Gasteiger partial charge in [-0.3, -0.25) is 0 Å². The van der Waals surface area contributed by atoms with E-state index in [0.717, 1.165) is 11.6 Å². The molecular formula is C12H20N2O. The van der Waals surface area contributed by atoms with Gasteiger partial charge in [-0.05, 0) is 31.4 Å². The molecule has 0 fully saturated rings. The molecule has 84 valence electrons. The van der Waals surface area contributed by atoms with Crippen LogP contribution in [0.3, 0.4) is 0 Å². The lowest BCUT2D eigenvalue weighted by atomic mass is 10.1. The molecule has 3 nitrogen and oxygen atoms in total. The van der Waals surface area contributed by atoms with Gasteiger partial charge >= 0.3 is 0 Å². The first-order valence-electron chi connectivity index (χ1n) is 5.35. The van der Waals surface area contributed by atoms with Crippen molar-refractivity contribution in [3.05, 3.63) is 17.8 Å². The smallest absolute Gasteiger partial charge is 0.168 e. The van der Waals surface area contributed by atoms with Crippen LogP contribution in [0.1, 0.15) is 39.2 Å². The van der Waals surface area contributed by atoms with Crippen LogP contribution in [0.2, 0.25) is 0 Å². The first-order valence-corrected chi connectivity index (χ1v) is 5.35. The number of ether oxygens (including phenoxy) is 1. The zero-order chi connectivity index (χ0) is 11.4.